The van der Waals surface area contributed by atoms with Crippen LogP contribution in [0.3, 0.4) is 0 Å². The van der Waals surface area contributed by atoms with E-state index in [2.05, 4.69) is 14.7 Å². The van der Waals surface area contributed by atoms with Gasteiger partial charge in [0.15, 0.2) is 0 Å². The number of thiazole rings is 1. The number of esters is 1. The van der Waals surface area contributed by atoms with Gasteiger partial charge in [-0.3, -0.25) is 0 Å². The van der Waals surface area contributed by atoms with Crippen LogP contribution in [0.4, 0.5) is 0 Å². The predicted molar refractivity (Wildman–Crippen MR) is 45.3 cm³/mol. The van der Waals surface area contributed by atoms with Crippen molar-refractivity contribution in [1.82, 2.24) is 9.97 Å². The topological polar surface area (TPSA) is 55.0 Å². The fourth-order valence-corrected chi connectivity index (χ4v) is 1.64. The van der Waals surface area contributed by atoms with Crippen LogP contribution < -0.4 is 0 Å². The van der Waals surface area contributed by atoms with Crippen LogP contribution in [-0.4, -0.2) is 23.0 Å². The third-order valence-corrected chi connectivity index (χ3v) is 2.29. The van der Waals surface area contributed by atoms with Crippen LogP contribution in [0.5, 0.6) is 0 Å². The Labute approximate surface area is 72.2 Å². The number of aromatic amines is 1. The number of nitrogens with zero attached hydrogens (tertiary/aromatic N) is 1. The van der Waals surface area contributed by atoms with Crippen LogP contribution in [0.2, 0.25) is 0 Å². The van der Waals surface area contributed by atoms with E-state index >= 15 is 0 Å². The summed E-state index contributed by atoms with van der Waals surface area (Å²) in [6.45, 7) is 0. The van der Waals surface area contributed by atoms with Crippen molar-refractivity contribution in [3.8, 4) is 0 Å². The lowest BCUT2D eigenvalue weighted by Gasteiger charge is -1.91. The molecule has 0 spiro atoms. The molecule has 0 bridgehead atoms. The molecule has 62 valence electrons. The average Bonchev–Trinajstić information content (AvgIpc) is 2.60. The lowest BCUT2D eigenvalue weighted by molar-refractivity contribution is 0.0595. The van der Waals surface area contributed by atoms with Gasteiger partial charge in [-0.2, -0.15) is 0 Å². The van der Waals surface area contributed by atoms with E-state index in [1.807, 2.05) is 0 Å². The molecule has 0 aliphatic heterocycles. The van der Waals surface area contributed by atoms with Gasteiger partial charge in [0.05, 0.1) is 12.6 Å². The highest BCUT2D eigenvalue weighted by Crippen LogP contribution is 2.17. The molecule has 0 fully saturated rings. The summed E-state index contributed by atoms with van der Waals surface area (Å²) in [6.07, 6.45) is 0. The number of aromatic nitrogens is 2. The molecule has 0 aliphatic carbocycles. The number of carbonyl (C=O) groups excluding carboxylic acids is 1. The Kier molecular flexibility index (Phi) is 1.58. The largest absolute Gasteiger partial charge is 0.464 e. The predicted octanol–water partition coefficient (Wildman–Crippen LogP) is 1.41. The van der Waals surface area contributed by atoms with Gasteiger partial charge in [-0.25, -0.2) is 9.78 Å². The molecule has 0 unspecified atom stereocenters. The van der Waals surface area contributed by atoms with Gasteiger partial charge in [-0.1, -0.05) is 0 Å². The van der Waals surface area contributed by atoms with Gasteiger partial charge in [0.2, 0.25) is 0 Å². The standard InChI is InChI=1S/C7H6N2O2S/c1-11-7(10)5-2-4-6(9-5)12-3-8-4/h2-3,9H,1H3. The van der Waals surface area contributed by atoms with Crippen molar-refractivity contribution in [1.29, 1.82) is 0 Å². The Morgan fingerprint density at radius 1 is 1.75 bits per heavy atom. The van der Waals surface area contributed by atoms with Crippen LogP contribution in [0.25, 0.3) is 10.3 Å². The Bertz CT molecular complexity index is 389. The zero-order chi connectivity index (χ0) is 8.55. The Hall–Kier alpha value is -1.36. The number of hydrogen-bond donors (Lipinski definition) is 1. The smallest absolute Gasteiger partial charge is 0.354 e. The molecule has 0 saturated heterocycles. The monoisotopic (exact) mass is 182 g/mol. The van der Waals surface area contributed by atoms with E-state index in [1.54, 1.807) is 11.6 Å². The molecule has 0 aromatic carbocycles. The van der Waals surface area contributed by atoms with E-state index < -0.39 is 0 Å². The molecule has 0 aliphatic rings. The zero-order valence-corrected chi connectivity index (χ0v) is 7.14. The number of hydrogen-bond acceptors (Lipinski definition) is 4. The van der Waals surface area contributed by atoms with Crippen LogP contribution in [-0.2, 0) is 4.74 Å². The second-order valence-corrected chi connectivity index (χ2v) is 3.10. The Balaban J connectivity index is 2.51. The lowest BCUT2D eigenvalue weighted by Crippen LogP contribution is -2.00. The van der Waals surface area contributed by atoms with Crippen LogP contribution in [0.15, 0.2) is 11.6 Å². The first-order valence-corrected chi connectivity index (χ1v) is 4.20. The minimum Gasteiger partial charge on any atom is -0.464 e. The lowest BCUT2D eigenvalue weighted by atomic mass is 10.4. The van der Waals surface area contributed by atoms with Crippen molar-refractivity contribution < 1.29 is 9.53 Å². The van der Waals surface area contributed by atoms with E-state index in [9.17, 15) is 4.79 Å². The number of methoxy groups -OCH3 is 1. The summed E-state index contributed by atoms with van der Waals surface area (Å²) in [5.41, 5.74) is 2.98. The van der Waals surface area contributed by atoms with Crippen LogP contribution >= 0.6 is 11.3 Å². The summed E-state index contributed by atoms with van der Waals surface area (Å²) in [7, 11) is 1.35. The minimum absolute atomic E-state index is 0.361. The normalized spacial score (nSPS) is 10.4. The van der Waals surface area contributed by atoms with E-state index in [0.29, 0.717) is 5.69 Å². The molecule has 0 atom stereocenters. The highest BCUT2D eigenvalue weighted by Gasteiger charge is 2.09. The maximum absolute atomic E-state index is 11.0. The molecule has 0 radical (unpaired) electrons. The molecule has 5 heteroatoms. The molecule has 2 aromatic heterocycles. The highest BCUT2D eigenvalue weighted by molar-refractivity contribution is 7.16. The second kappa shape index (κ2) is 2.60. The van der Waals surface area contributed by atoms with Gasteiger partial charge in [0.25, 0.3) is 0 Å². The molecular weight excluding hydrogens is 176 g/mol. The van der Waals surface area contributed by atoms with Gasteiger partial charge in [-0.15, -0.1) is 11.3 Å². The number of H-pyrrole nitrogens is 1. The van der Waals surface area contributed by atoms with Gasteiger partial charge in [0.1, 0.15) is 16.0 Å². The second-order valence-electron chi connectivity index (χ2n) is 2.24. The molecule has 0 saturated carbocycles. The van der Waals surface area contributed by atoms with Crippen molar-refractivity contribution in [2.75, 3.05) is 7.11 Å². The third kappa shape index (κ3) is 0.984. The number of fused-ring (bicyclic) bond motifs is 1. The molecule has 2 aromatic rings. The van der Waals surface area contributed by atoms with Crippen LogP contribution in [0.1, 0.15) is 10.5 Å². The summed E-state index contributed by atoms with van der Waals surface area (Å²) < 4.78 is 4.54. The highest BCUT2D eigenvalue weighted by atomic mass is 32.1. The Morgan fingerprint density at radius 3 is 3.25 bits per heavy atom. The molecule has 0 amide bonds. The van der Waals surface area contributed by atoms with Gasteiger partial charge in [0, 0.05) is 0 Å². The molecular formula is C7H6N2O2S. The third-order valence-electron chi connectivity index (χ3n) is 1.53. The molecule has 12 heavy (non-hydrogen) atoms. The molecule has 2 heterocycles. The summed E-state index contributed by atoms with van der Waals surface area (Å²) >= 11 is 1.46. The molecule has 2 rings (SSSR count). The van der Waals surface area contributed by atoms with E-state index in [4.69, 9.17) is 0 Å². The van der Waals surface area contributed by atoms with E-state index in [-0.39, 0.29) is 5.97 Å². The average molecular weight is 182 g/mol. The Morgan fingerprint density at radius 2 is 2.58 bits per heavy atom. The maximum Gasteiger partial charge on any atom is 0.354 e. The molecule has 4 nitrogen and oxygen atoms in total. The minimum atomic E-state index is -0.361. The van der Waals surface area contributed by atoms with Crippen molar-refractivity contribution in [2.24, 2.45) is 0 Å². The maximum atomic E-state index is 11.0. The number of nitrogens with one attached hydrogen (secondary N) is 1. The first-order chi connectivity index (χ1) is 5.81. The van der Waals surface area contributed by atoms with Crippen molar-refractivity contribution >= 4 is 27.7 Å². The fraction of sp³-hybridized carbons (Fsp3) is 0.143. The SMILES string of the molecule is COC(=O)c1cc2ncsc2[nH]1. The first kappa shape index (κ1) is 7.30. The van der Waals surface area contributed by atoms with Gasteiger partial charge >= 0.3 is 5.97 Å². The van der Waals surface area contributed by atoms with E-state index in [0.717, 1.165) is 10.3 Å². The van der Waals surface area contributed by atoms with E-state index in [1.165, 1.54) is 18.4 Å². The summed E-state index contributed by atoms with van der Waals surface area (Å²) in [5.74, 6) is -0.361. The first-order valence-electron chi connectivity index (χ1n) is 3.32. The van der Waals surface area contributed by atoms with Crippen LogP contribution in [0, 0.1) is 0 Å². The van der Waals surface area contributed by atoms with Gasteiger partial charge < -0.3 is 9.72 Å². The summed E-state index contributed by atoms with van der Waals surface area (Å²) in [6, 6.07) is 1.68. The van der Waals surface area contributed by atoms with Crippen molar-refractivity contribution in [3.05, 3.63) is 17.3 Å². The van der Waals surface area contributed by atoms with Crippen molar-refractivity contribution in [3.63, 3.8) is 0 Å². The molecule has 1 N–H and O–H groups in total. The summed E-state index contributed by atoms with van der Waals surface area (Å²) in [4.78, 5) is 18.8. The fourth-order valence-electron chi connectivity index (χ4n) is 0.966. The van der Waals surface area contributed by atoms with Gasteiger partial charge in [-0.05, 0) is 6.07 Å². The number of carbonyl (C=O) groups is 1. The number of rotatable bonds is 1. The zero-order valence-electron chi connectivity index (χ0n) is 6.33. The quantitative estimate of drug-likeness (QED) is 0.678. The number of ether oxygens (including phenoxy) is 1. The van der Waals surface area contributed by atoms with Crippen molar-refractivity contribution in [2.45, 2.75) is 0 Å². The summed E-state index contributed by atoms with van der Waals surface area (Å²) in [5, 5.41) is 0.